The summed E-state index contributed by atoms with van der Waals surface area (Å²) < 4.78 is 10.1. The molecule has 0 unspecified atom stereocenters. The van der Waals surface area contributed by atoms with Gasteiger partial charge in [0, 0.05) is 5.56 Å². The zero-order chi connectivity index (χ0) is 12.1. The van der Waals surface area contributed by atoms with Crippen LogP contribution in [0.3, 0.4) is 0 Å². The van der Waals surface area contributed by atoms with Crippen molar-refractivity contribution in [2.75, 3.05) is 14.2 Å². The molecule has 1 rings (SSSR count). The normalized spacial score (nSPS) is 9.94. The van der Waals surface area contributed by atoms with Crippen molar-refractivity contribution in [3.63, 3.8) is 0 Å². The molecule has 0 aliphatic carbocycles. The lowest BCUT2D eigenvalue weighted by atomic mass is 10.1. The Labute approximate surface area is 94.1 Å². The second kappa shape index (κ2) is 5.34. The van der Waals surface area contributed by atoms with Crippen molar-refractivity contribution in [1.82, 2.24) is 0 Å². The minimum Gasteiger partial charge on any atom is -0.493 e. The van der Waals surface area contributed by atoms with Gasteiger partial charge in [0.05, 0.1) is 25.2 Å². The molecule has 0 heterocycles. The van der Waals surface area contributed by atoms with Gasteiger partial charge in [-0.25, -0.2) is 0 Å². The van der Waals surface area contributed by atoms with Crippen LogP contribution < -0.4 is 9.47 Å². The Kier molecular flexibility index (Phi) is 4.10. The van der Waals surface area contributed by atoms with Gasteiger partial charge in [0.25, 0.3) is 5.69 Å². The number of nitro benzene ring substituents is 1. The van der Waals surface area contributed by atoms with Crippen molar-refractivity contribution in [2.45, 2.75) is 19.8 Å². The molecule has 16 heavy (non-hydrogen) atoms. The van der Waals surface area contributed by atoms with Crippen LogP contribution in [0.25, 0.3) is 0 Å². The molecule has 0 radical (unpaired) electrons. The molecule has 5 nitrogen and oxygen atoms in total. The molecule has 0 saturated heterocycles. The first-order valence-electron chi connectivity index (χ1n) is 5.03. The lowest BCUT2D eigenvalue weighted by molar-refractivity contribution is -0.385. The van der Waals surface area contributed by atoms with Crippen LogP contribution in [0.4, 0.5) is 5.69 Å². The number of rotatable bonds is 5. The molecule has 0 aliphatic heterocycles. The monoisotopic (exact) mass is 225 g/mol. The van der Waals surface area contributed by atoms with E-state index in [4.69, 9.17) is 9.47 Å². The molecule has 0 N–H and O–H groups in total. The molecule has 0 spiro atoms. The van der Waals surface area contributed by atoms with Gasteiger partial charge in [-0.15, -0.1) is 0 Å². The molecular weight excluding hydrogens is 210 g/mol. The predicted molar refractivity (Wildman–Crippen MR) is 60.2 cm³/mol. The molecule has 0 aromatic heterocycles. The zero-order valence-corrected chi connectivity index (χ0v) is 9.65. The van der Waals surface area contributed by atoms with E-state index in [1.165, 1.54) is 20.3 Å². The summed E-state index contributed by atoms with van der Waals surface area (Å²) in [6.07, 6.45) is 1.49. The van der Waals surface area contributed by atoms with Gasteiger partial charge in [0.15, 0.2) is 11.5 Å². The van der Waals surface area contributed by atoms with E-state index in [1.807, 2.05) is 6.92 Å². The maximum Gasteiger partial charge on any atom is 0.276 e. The van der Waals surface area contributed by atoms with Gasteiger partial charge in [-0.1, -0.05) is 13.3 Å². The highest BCUT2D eigenvalue weighted by Crippen LogP contribution is 2.34. The average Bonchev–Trinajstić information content (AvgIpc) is 2.28. The Morgan fingerprint density at radius 3 is 2.25 bits per heavy atom. The molecule has 0 saturated carbocycles. The first-order valence-corrected chi connectivity index (χ1v) is 5.03. The molecule has 0 aliphatic rings. The number of nitro groups is 1. The van der Waals surface area contributed by atoms with Crippen LogP contribution in [-0.2, 0) is 6.42 Å². The predicted octanol–water partition coefficient (Wildman–Crippen LogP) is 2.56. The van der Waals surface area contributed by atoms with Crippen LogP contribution in [-0.4, -0.2) is 19.1 Å². The second-order valence-corrected chi connectivity index (χ2v) is 3.34. The van der Waals surface area contributed by atoms with Gasteiger partial charge >= 0.3 is 0 Å². The van der Waals surface area contributed by atoms with Crippen LogP contribution in [0.5, 0.6) is 11.5 Å². The summed E-state index contributed by atoms with van der Waals surface area (Å²) in [5.41, 5.74) is 0.754. The first kappa shape index (κ1) is 12.3. The van der Waals surface area contributed by atoms with E-state index in [1.54, 1.807) is 6.07 Å². The highest BCUT2D eigenvalue weighted by molar-refractivity contribution is 5.54. The highest BCUT2D eigenvalue weighted by atomic mass is 16.6. The van der Waals surface area contributed by atoms with E-state index in [-0.39, 0.29) is 5.69 Å². The molecule has 1 aromatic rings. The van der Waals surface area contributed by atoms with Crippen molar-refractivity contribution in [3.05, 3.63) is 27.8 Å². The number of benzene rings is 1. The van der Waals surface area contributed by atoms with E-state index in [2.05, 4.69) is 0 Å². The third-order valence-corrected chi connectivity index (χ3v) is 2.30. The van der Waals surface area contributed by atoms with Gasteiger partial charge in [0.1, 0.15) is 0 Å². The third-order valence-electron chi connectivity index (χ3n) is 2.30. The molecule has 1 aromatic carbocycles. The maximum absolute atomic E-state index is 10.9. The van der Waals surface area contributed by atoms with E-state index in [9.17, 15) is 10.1 Å². The summed E-state index contributed by atoms with van der Waals surface area (Å²) in [4.78, 5) is 10.5. The Balaban J connectivity index is 3.29. The van der Waals surface area contributed by atoms with Gasteiger partial charge in [0.2, 0.25) is 0 Å². The van der Waals surface area contributed by atoms with Crippen LogP contribution in [0.15, 0.2) is 12.1 Å². The standard InChI is InChI=1S/C11H15NO4/c1-4-5-8-6-10(15-2)11(16-3)7-9(8)12(13)14/h6-7H,4-5H2,1-3H3. The Hall–Kier alpha value is -1.78. The number of nitrogens with zero attached hydrogens (tertiary/aromatic N) is 1. The van der Waals surface area contributed by atoms with Crippen LogP contribution in [0.1, 0.15) is 18.9 Å². The van der Waals surface area contributed by atoms with Crippen LogP contribution in [0, 0.1) is 10.1 Å². The lowest BCUT2D eigenvalue weighted by Gasteiger charge is -2.09. The fraction of sp³-hybridized carbons (Fsp3) is 0.455. The van der Waals surface area contributed by atoms with E-state index in [0.717, 1.165) is 6.42 Å². The summed E-state index contributed by atoms with van der Waals surface area (Å²) in [6, 6.07) is 3.07. The Morgan fingerprint density at radius 1 is 1.25 bits per heavy atom. The number of methoxy groups -OCH3 is 2. The average molecular weight is 225 g/mol. The maximum atomic E-state index is 10.9. The van der Waals surface area contributed by atoms with E-state index in [0.29, 0.717) is 23.5 Å². The number of hydrogen-bond donors (Lipinski definition) is 0. The van der Waals surface area contributed by atoms with Gasteiger partial charge in [-0.3, -0.25) is 10.1 Å². The molecule has 0 fully saturated rings. The summed E-state index contributed by atoms with van der Waals surface area (Å²) in [6.45, 7) is 1.97. The summed E-state index contributed by atoms with van der Waals surface area (Å²) in [5.74, 6) is 0.908. The molecular formula is C11H15NO4. The first-order chi connectivity index (χ1) is 7.63. The SMILES string of the molecule is CCCc1cc(OC)c(OC)cc1[N+](=O)[O-]. The van der Waals surface area contributed by atoms with Crippen LogP contribution >= 0.6 is 0 Å². The van der Waals surface area contributed by atoms with E-state index >= 15 is 0 Å². The minimum atomic E-state index is -0.396. The van der Waals surface area contributed by atoms with Gasteiger partial charge in [-0.05, 0) is 12.5 Å². The van der Waals surface area contributed by atoms with E-state index < -0.39 is 4.92 Å². The summed E-state index contributed by atoms with van der Waals surface area (Å²) in [7, 11) is 2.97. The third kappa shape index (κ3) is 2.42. The Morgan fingerprint density at radius 2 is 1.81 bits per heavy atom. The van der Waals surface area contributed by atoms with Crippen molar-refractivity contribution in [2.24, 2.45) is 0 Å². The molecule has 0 amide bonds. The Bertz CT molecular complexity index is 390. The van der Waals surface area contributed by atoms with Crippen molar-refractivity contribution < 1.29 is 14.4 Å². The smallest absolute Gasteiger partial charge is 0.276 e. The largest absolute Gasteiger partial charge is 0.493 e. The second-order valence-electron chi connectivity index (χ2n) is 3.34. The number of aryl methyl sites for hydroxylation is 1. The lowest BCUT2D eigenvalue weighted by Crippen LogP contribution is -1.99. The fourth-order valence-corrected chi connectivity index (χ4v) is 1.55. The molecule has 88 valence electrons. The fourth-order valence-electron chi connectivity index (χ4n) is 1.55. The zero-order valence-electron chi connectivity index (χ0n) is 9.65. The van der Waals surface area contributed by atoms with Crippen molar-refractivity contribution in [1.29, 1.82) is 0 Å². The summed E-state index contributed by atoms with van der Waals surface area (Å²) in [5, 5.41) is 10.9. The quantitative estimate of drug-likeness (QED) is 0.570. The topological polar surface area (TPSA) is 61.6 Å². The van der Waals surface area contributed by atoms with Crippen molar-refractivity contribution >= 4 is 5.69 Å². The molecule has 0 atom stereocenters. The van der Waals surface area contributed by atoms with Crippen molar-refractivity contribution in [3.8, 4) is 11.5 Å². The number of hydrogen-bond acceptors (Lipinski definition) is 4. The minimum absolute atomic E-state index is 0.0829. The van der Waals surface area contributed by atoms with Gasteiger partial charge in [-0.2, -0.15) is 0 Å². The summed E-state index contributed by atoms with van der Waals surface area (Å²) >= 11 is 0. The van der Waals surface area contributed by atoms with Gasteiger partial charge < -0.3 is 9.47 Å². The molecule has 5 heteroatoms. The highest BCUT2D eigenvalue weighted by Gasteiger charge is 2.18. The number of ether oxygens (including phenoxy) is 2. The molecule has 0 bridgehead atoms. The van der Waals surface area contributed by atoms with Crippen LogP contribution in [0.2, 0.25) is 0 Å².